The Hall–Kier alpha value is -0.510. The van der Waals surface area contributed by atoms with Gasteiger partial charge >= 0.3 is 0 Å². The molecule has 0 aromatic heterocycles. The fourth-order valence-corrected chi connectivity index (χ4v) is 3.77. The minimum atomic E-state index is 0.773. The quantitative estimate of drug-likeness (QED) is 0.576. The number of nitrogens with one attached hydrogen (secondary N) is 1. The van der Waals surface area contributed by atoms with Crippen molar-refractivity contribution in [2.24, 2.45) is 5.92 Å². The summed E-state index contributed by atoms with van der Waals surface area (Å²) in [5, 5.41) is 3.37. The van der Waals surface area contributed by atoms with E-state index in [-0.39, 0.29) is 0 Å². The molecular weight excluding hydrogens is 266 g/mol. The molecule has 0 spiro atoms. The number of ether oxygens (including phenoxy) is 1. The first-order valence-electron chi connectivity index (χ1n) is 7.80. The molecule has 0 amide bonds. The number of hydrogen-bond acceptors (Lipinski definition) is 3. The van der Waals surface area contributed by atoms with Crippen LogP contribution >= 0.6 is 11.8 Å². The maximum absolute atomic E-state index is 5.02. The van der Waals surface area contributed by atoms with Crippen LogP contribution in [0.4, 0.5) is 0 Å². The van der Waals surface area contributed by atoms with Crippen molar-refractivity contribution in [3.8, 4) is 0 Å². The highest BCUT2D eigenvalue weighted by molar-refractivity contribution is 7.99. The van der Waals surface area contributed by atoms with Crippen LogP contribution in [0, 0.1) is 5.92 Å². The summed E-state index contributed by atoms with van der Waals surface area (Å²) in [6, 6.07) is 9.01. The van der Waals surface area contributed by atoms with Crippen LogP contribution in [-0.4, -0.2) is 26.0 Å². The van der Waals surface area contributed by atoms with Gasteiger partial charge in [0.15, 0.2) is 0 Å². The second-order valence-corrected chi connectivity index (χ2v) is 6.72. The van der Waals surface area contributed by atoms with Gasteiger partial charge in [-0.25, -0.2) is 0 Å². The molecule has 3 heteroatoms. The van der Waals surface area contributed by atoms with Crippen LogP contribution in [0.2, 0.25) is 0 Å². The van der Waals surface area contributed by atoms with Gasteiger partial charge in [0.2, 0.25) is 0 Å². The maximum atomic E-state index is 5.02. The van der Waals surface area contributed by atoms with Gasteiger partial charge in [0.1, 0.15) is 0 Å². The average Bonchev–Trinajstić information content (AvgIpc) is 2.52. The Kier molecular flexibility index (Phi) is 7.48. The van der Waals surface area contributed by atoms with Crippen LogP contribution < -0.4 is 5.32 Å². The molecule has 112 valence electrons. The first-order valence-corrected chi connectivity index (χ1v) is 8.78. The maximum Gasteiger partial charge on any atom is 0.0587 e. The van der Waals surface area contributed by atoms with Crippen LogP contribution in [0.25, 0.3) is 0 Å². The predicted octanol–water partition coefficient (Wildman–Crippen LogP) is 4.10. The highest BCUT2D eigenvalue weighted by atomic mass is 32.2. The molecular formula is C17H27NOS. The van der Waals surface area contributed by atoms with Crippen molar-refractivity contribution in [3.05, 3.63) is 29.8 Å². The lowest BCUT2D eigenvalue weighted by Gasteiger charge is -2.20. The lowest BCUT2D eigenvalue weighted by molar-refractivity contribution is 0.199. The van der Waals surface area contributed by atoms with Gasteiger partial charge < -0.3 is 10.1 Å². The summed E-state index contributed by atoms with van der Waals surface area (Å²) in [5.41, 5.74) is 1.35. The highest BCUT2D eigenvalue weighted by Crippen LogP contribution is 2.29. The summed E-state index contributed by atoms with van der Waals surface area (Å²) in [7, 11) is 1.74. The summed E-state index contributed by atoms with van der Waals surface area (Å²) < 4.78 is 5.02. The monoisotopic (exact) mass is 293 g/mol. The largest absolute Gasteiger partial charge is 0.383 e. The molecule has 1 N–H and O–H groups in total. The Morgan fingerprint density at radius 3 is 2.60 bits per heavy atom. The molecule has 1 aromatic carbocycles. The van der Waals surface area contributed by atoms with E-state index in [0.717, 1.165) is 25.6 Å². The molecule has 2 rings (SSSR count). The van der Waals surface area contributed by atoms with E-state index in [1.807, 2.05) is 11.8 Å². The topological polar surface area (TPSA) is 21.3 Å². The molecule has 0 heterocycles. The zero-order valence-electron chi connectivity index (χ0n) is 12.6. The third-order valence-corrected chi connectivity index (χ3v) is 5.19. The third-order valence-electron chi connectivity index (χ3n) is 3.95. The van der Waals surface area contributed by atoms with Crippen molar-refractivity contribution in [1.82, 2.24) is 5.32 Å². The smallest absolute Gasteiger partial charge is 0.0587 e. The van der Waals surface area contributed by atoms with Gasteiger partial charge in [-0.15, -0.1) is 11.8 Å². The Morgan fingerprint density at radius 1 is 1.15 bits per heavy atom. The van der Waals surface area contributed by atoms with Crippen molar-refractivity contribution in [2.75, 3.05) is 26.0 Å². The van der Waals surface area contributed by atoms with Gasteiger partial charge in [0, 0.05) is 30.8 Å². The number of thioether (sulfide) groups is 1. The van der Waals surface area contributed by atoms with E-state index in [9.17, 15) is 0 Å². The van der Waals surface area contributed by atoms with Gasteiger partial charge in [-0.05, 0) is 36.5 Å². The molecule has 0 bridgehead atoms. The third kappa shape index (κ3) is 5.86. The molecule has 0 radical (unpaired) electrons. The SMILES string of the molecule is COCCNCc1ccc(SCC2CCCCC2)cc1. The van der Waals surface area contributed by atoms with Crippen LogP contribution in [0.15, 0.2) is 29.2 Å². The zero-order valence-corrected chi connectivity index (χ0v) is 13.4. The summed E-state index contributed by atoms with van der Waals surface area (Å²) in [5.74, 6) is 2.25. The molecule has 0 atom stereocenters. The minimum absolute atomic E-state index is 0.773. The van der Waals surface area contributed by atoms with Gasteiger partial charge in [-0.3, -0.25) is 0 Å². The van der Waals surface area contributed by atoms with Crippen molar-refractivity contribution < 1.29 is 4.74 Å². The predicted molar refractivity (Wildman–Crippen MR) is 87.3 cm³/mol. The summed E-state index contributed by atoms with van der Waals surface area (Å²) in [4.78, 5) is 1.41. The van der Waals surface area contributed by atoms with E-state index in [2.05, 4.69) is 29.6 Å². The average molecular weight is 293 g/mol. The Labute approximate surface area is 127 Å². The van der Waals surface area contributed by atoms with E-state index in [4.69, 9.17) is 4.74 Å². The van der Waals surface area contributed by atoms with Crippen molar-refractivity contribution in [1.29, 1.82) is 0 Å². The second kappa shape index (κ2) is 9.43. The molecule has 1 fully saturated rings. The normalized spacial score (nSPS) is 16.4. The van der Waals surface area contributed by atoms with Crippen LogP contribution in [0.1, 0.15) is 37.7 Å². The van der Waals surface area contributed by atoms with Crippen LogP contribution in [0.3, 0.4) is 0 Å². The lowest BCUT2D eigenvalue weighted by Crippen LogP contribution is -2.18. The minimum Gasteiger partial charge on any atom is -0.383 e. The number of methoxy groups -OCH3 is 1. The van der Waals surface area contributed by atoms with E-state index >= 15 is 0 Å². The van der Waals surface area contributed by atoms with Gasteiger partial charge in [0.05, 0.1) is 6.61 Å². The summed E-state index contributed by atoms with van der Waals surface area (Å²) >= 11 is 2.03. The number of benzene rings is 1. The van der Waals surface area contributed by atoms with E-state index < -0.39 is 0 Å². The van der Waals surface area contributed by atoms with Crippen LogP contribution in [-0.2, 0) is 11.3 Å². The Morgan fingerprint density at radius 2 is 1.90 bits per heavy atom. The first-order chi connectivity index (χ1) is 9.88. The molecule has 0 unspecified atom stereocenters. The fourth-order valence-electron chi connectivity index (χ4n) is 2.68. The number of rotatable bonds is 8. The van der Waals surface area contributed by atoms with Crippen molar-refractivity contribution >= 4 is 11.8 Å². The van der Waals surface area contributed by atoms with Gasteiger partial charge in [-0.2, -0.15) is 0 Å². The van der Waals surface area contributed by atoms with Gasteiger partial charge in [-0.1, -0.05) is 31.4 Å². The molecule has 1 saturated carbocycles. The van der Waals surface area contributed by atoms with Crippen molar-refractivity contribution in [3.63, 3.8) is 0 Å². The molecule has 1 aromatic rings. The Bertz CT molecular complexity index is 360. The highest BCUT2D eigenvalue weighted by Gasteiger charge is 2.13. The number of hydrogen-bond donors (Lipinski definition) is 1. The van der Waals surface area contributed by atoms with E-state index in [0.29, 0.717) is 0 Å². The lowest BCUT2D eigenvalue weighted by atomic mass is 9.91. The summed E-state index contributed by atoms with van der Waals surface area (Å²) in [6.07, 6.45) is 7.21. The van der Waals surface area contributed by atoms with Gasteiger partial charge in [0.25, 0.3) is 0 Å². The molecule has 2 nitrogen and oxygen atoms in total. The molecule has 1 aliphatic rings. The molecule has 20 heavy (non-hydrogen) atoms. The molecule has 0 aliphatic heterocycles. The van der Waals surface area contributed by atoms with Crippen LogP contribution in [0.5, 0.6) is 0 Å². The second-order valence-electron chi connectivity index (χ2n) is 5.63. The summed E-state index contributed by atoms with van der Waals surface area (Å²) in [6.45, 7) is 2.61. The zero-order chi connectivity index (χ0) is 14.0. The fraction of sp³-hybridized carbons (Fsp3) is 0.647. The molecule has 1 aliphatic carbocycles. The van der Waals surface area contributed by atoms with Crippen molar-refractivity contribution in [2.45, 2.75) is 43.5 Å². The van der Waals surface area contributed by atoms with E-state index in [1.165, 1.54) is 48.3 Å². The first kappa shape index (κ1) is 15.9. The standard InChI is InChI=1S/C17H27NOS/c1-19-12-11-18-13-15-7-9-17(10-8-15)20-14-16-5-3-2-4-6-16/h7-10,16,18H,2-6,11-14H2,1H3. The van der Waals surface area contributed by atoms with E-state index in [1.54, 1.807) is 7.11 Å². The molecule has 0 saturated heterocycles. The Balaban J connectivity index is 1.68.